The number of hydrogen-bond donors (Lipinski definition) is 2. The lowest BCUT2D eigenvalue weighted by atomic mass is 10.1. The molecular formula is C27H24F4N6O3. The number of rotatable bonds is 6. The molecule has 1 aliphatic heterocycles. The number of alkyl halides is 3. The van der Waals surface area contributed by atoms with Gasteiger partial charge < -0.3 is 25.0 Å². The van der Waals surface area contributed by atoms with Crippen LogP contribution in [-0.2, 0) is 18.0 Å². The SMILES string of the molecule is Cn1cc(-c2cc(Oc3ccc(NC(=O)Nc4cc(N5CCOCC5)cc(C(F)(F)F)c4)cc3F)ccn2)cn1. The minimum atomic E-state index is -4.61. The van der Waals surface area contributed by atoms with Crippen molar-refractivity contribution in [2.75, 3.05) is 41.8 Å². The second-order valence-electron chi connectivity index (χ2n) is 8.97. The predicted molar refractivity (Wildman–Crippen MR) is 140 cm³/mol. The molecule has 2 aromatic heterocycles. The van der Waals surface area contributed by atoms with E-state index in [9.17, 15) is 22.4 Å². The molecule has 0 aliphatic carbocycles. The molecule has 40 heavy (non-hydrogen) atoms. The van der Waals surface area contributed by atoms with Crippen LogP contribution in [0.1, 0.15) is 5.56 Å². The van der Waals surface area contributed by atoms with Crippen LogP contribution in [0.4, 0.5) is 39.4 Å². The lowest BCUT2D eigenvalue weighted by Gasteiger charge is -2.29. The molecule has 2 N–H and O–H groups in total. The Kier molecular flexibility index (Phi) is 7.56. The number of urea groups is 1. The molecule has 3 heterocycles. The summed E-state index contributed by atoms with van der Waals surface area (Å²) in [7, 11) is 1.78. The van der Waals surface area contributed by atoms with E-state index in [1.54, 1.807) is 41.2 Å². The van der Waals surface area contributed by atoms with E-state index in [4.69, 9.17) is 9.47 Å². The van der Waals surface area contributed by atoms with Crippen molar-refractivity contribution in [3.63, 3.8) is 0 Å². The third-order valence-electron chi connectivity index (χ3n) is 6.03. The smallest absolute Gasteiger partial charge is 0.416 e. The Labute approximate surface area is 226 Å². The van der Waals surface area contributed by atoms with Crippen molar-refractivity contribution >= 4 is 23.1 Å². The summed E-state index contributed by atoms with van der Waals surface area (Å²) in [4.78, 5) is 18.6. The fourth-order valence-corrected chi connectivity index (χ4v) is 4.12. The van der Waals surface area contributed by atoms with Gasteiger partial charge in [0.1, 0.15) is 5.75 Å². The van der Waals surface area contributed by atoms with Gasteiger partial charge in [0.15, 0.2) is 11.6 Å². The molecule has 4 aromatic rings. The van der Waals surface area contributed by atoms with E-state index in [1.807, 2.05) is 0 Å². The number of aromatic nitrogens is 3. The first-order valence-electron chi connectivity index (χ1n) is 12.2. The van der Waals surface area contributed by atoms with Crippen molar-refractivity contribution < 1.29 is 31.8 Å². The first-order chi connectivity index (χ1) is 19.1. The maximum Gasteiger partial charge on any atom is 0.416 e. The highest BCUT2D eigenvalue weighted by atomic mass is 19.4. The first-order valence-corrected chi connectivity index (χ1v) is 12.2. The fourth-order valence-electron chi connectivity index (χ4n) is 4.12. The third-order valence-corrected chi connectivity index (χ3v) is 6.03. The van der Waals surface area contributed by atoms with E-state index >= 15 is 0 Å². The van der Waals surface area contributed by atoms with Crippen LogP contribution in [0, 0.1) is 5.82 Å². The average molecular weight is 557 g/mol. The highest BCUT2D eigenvalue weighted by Crippen LogP contribution is 2.35. The number of morpholine rings is 1. The second kappa shape index (κ2) is 11.2. The Balaban J connectivity index is 1.27. The Bertz CT molecular complexity index is 1520. The monoisotopic (exact) mass is 556 g/mol. The average Bonchev–Trinajstić information content (AvgIpc) is 3.36. The fraction of sp³-hybridized carbons (Fsp3) is 0.222. The van der Waals surface area contributed by atoms with E-state index < -0.39 is 23.6 Å². The van der Waals surface area contributed by atoms with Crippen molar-refractivity contribution in [1.29, 1.82) is 0 Å². The number of benzene rings is 2. The van der Waals surface area contributed by atoms with Crippen molar-refractivity contribution in [3.8, 4) is 22.8 Å². The third kappa shape index (κ3) is 6.49. The minimum absolute atomic E-state index is 0.0589. The zero-order chi connectivity index (χ0) is 28.3. The number of carbonyl (C=O) groups excluding carboxylic acids is 1. The van der Waals surface area contributed by atoms with Crippen LogP contribution < -0.4 is 20.3 Å². The zero-order valence-corrected chi connectivity index (χ0v) is 21.2. The van der Waals surface area contributed by atoms with Gasteiger partial charge in [-0.2, -0.15) is 18.3 Å². The highest BCUT2D eigenvalue weighted by molar-refractivity contribution is 6.00. The number of ether oxygens (including phenoxy) is 2. The predicted octanol–water partition coefficient (Wildman–Crippen LogP) is 5.91. The number of pyridine rings is 1. The van der Waals surface area contributed by atoms with Crippen LogP contribution in [0.5, 0.6) is 11.5 Å². The van der Waals surface area contributed by atoms with Crippen LogP contribution in [-0.4, -0.2) is 47.1 Å². The van der Waals surface area contributed by atoms with E-state index in [1.165, 1.54) is 24.4 Å². The van der Waals surface area contributed by atoms with Gasteiger partial charge >= 0.3 is 12.2 Å². The Morgan fingerprint density at radius 2 is 1.80 bits per heavy atom. The molecule has 208 valence electrons. The van der Waals surface area contributed by atoms with Crippen LogP contribution in [0.3, 0.4) is 0 Å². The van der Waals surface area contributed by atoms with Gasteiger partial charge in [-0.05, 0) is 36.4 Å². The summed E-state index contributed by atoms with van der Waals surface area (Å²) in [6.07, 6.45) is 0.331. The summed E-state index contributed by atoms with van der Waals surface area (Å²) in [5.41, 5.74) is 0.778. The Morgan fingerprint density at radius 1 is 1.02 bits per heavy atom. The highest BCUT2D eigenvalue weighted by Gasteiger charge is 2.32. The van der Waals surface area contributed by atoms with Gasteiger partial charge in [0.25, 0.3) is 0 Å². The normalized spacial score (nSPS) is 13.7. The lowest BCUT2D eigenvalue weighted by molar-refractivity contribution is -0.137. The molecule has 0 spiro atoms. The van der Waals surface area contributed by atoms with Gasteiger partial charge in [-0.15, -0.1) is 0 Å². The molecule has 1 saturated heterocycles. The molecule has 0 radical (unpaired) electrons. The van der Waals surface area contributed by atoms with Gasteiger partial charge in [-0.3, -0.25) is 9.67 Å². The molecule has 2 aromatic carbocycles. The number of aryl methyl sites for hydroxylation is 1. The van der Waals surface area contributed by atoms with Gasteiger partial charge in [0, 0.05) is 67.3 Å². The maximum atomic E-state index is 14.8. The molecule has 0 unspecified atom stereocenters. The number of nitrogens with zero attached hydrogens (tertiary/aromatic N) is 4. The van der Waals surface area contributed by atoms with E-state index in [0.717, 1.165) is 23.8 Å². The summed E-state index contributed by atoms with van der Waals surface area (Å²) in [6.45, 7) is 1.62. The van der Waals surface area contributed by atoms with Crippen molar-refractivity contribution in [2.24, 2.45) is 7.05 Å². The molecule has 0 saturated carbocycles. The zero-order valence-electron chi connectivity index (χ0n) is 21.2. The number of hydrogen-bond acceptors (Lipinski definition) is 6. The topological polar surface area (TPSA) is 93.5 Å². The first kappa shape index (κ1) is 26.9. The summed E-state index contributed by atoms with van der Waals surface area (Å²) in [5.74, 6) is -0.514. The number of nitrogens with one attached hydrogen (secondary N) is 2. The van der Waals surface area contributed by atoms with E-state index in [0.29, 0.717) is 43.4 Å². The molecule has 1 fully saturated rings. The molecule has 0 atom stereocenters. The summed E-state index contributed by atoms with van der Waals surface area (Å²) in [6, 6.07) is 9.48. The van der Waals surface area contributed by atoms with Crippen LogP contribution in [0.15, 0.2) is 67.1 Å². The molecule has 2 amide bonds. The standard InChI is InChI=1S/C27H24F4N6O3/c1-36-16-17(15-33-36)24-14-22(4-5-32-24)40-25-3-2-19(13-23(25)28)34-26(38)35-20-10-18(27(29,30)31)11-21(12-20)37-6-8-39-9-7-37/h2-5,10-16H,6-9H2,1H3,(H2,34,35,38). The summed E-state index contributed by atoms with van der Waals surface area (Å²) in [5, 5.41) is 8.94. The minimum Gasteiger partial charge on any atom is -0.454 e. The van der Waals surface area contributed by atoms with Gasteiger partial charge in [-0.1, -0.05) is 0 Å². The van der Waals surface area contributed by atoms with Crippen molar-refractivity contribution in [3.05, 3.63) is 78.5 Å². The summed E-state index contributed by atoms with van der Waals surface area (Å²) < 4.78 is 67.9. The largest absolute Gasteiger partial charge is 0.454 e. The Hall–Kier alpha value is -4.65. The van der Waals surface area contributed by atoms with Gasteiger partial charge in [0.05, 0.1) is 30.7 Å². The van der Waals surface area contributed by atoms with Crippen molar-refractivity contribution in [1.82, 2.24) is 14.8 Å². The quantitative estimate of drug-likeness (QED) is 0.287. The molecule has 5 rings (SSSR count). The number of anilines is 3. The van der Waals surface area contributed by atoms with Crippen LogP contribution in [0.2, 0.25) is 0 Å². The molecular weight excluding hydrogens is 532 g/mol. The van der Waals surface area contributed by atoms with Crippen LogP contribution >= 0.6 is 0 Å². The van der Waals surface area contributed by atoms with Crippen molar-refractivity contribution in [2.45, 2.75) is 6.18 Å². The van der Waals surface area contributed by atoms with E-state index in [-0.39, 0.29) is 17.1 Å². The number of amides is 2. The Morgan fingerprint density at radius 3 is 2.50 bits per heavy atom. The van der Waals surface area contributed by atoms with Gasteiger partial charge in [0.2, 0.25) is 0 Å². The molecule has 1 aliphatic rings. The van der Waals surface area contributed by atoms with Crippen LogP contribution in [0.25, 0.3) is 11.3 Å². The number of halogens is 4. The summed E-state index contributed by atoms with van der Waals surface area (Å²) >= 11 is 0. The molecule has 9 nitrogen and oxygen atoms in total. The van der Waals surface area contributed by atoms with E-state index in [2.05, 4.69) is 20.7 Å². The van der Waals surface area contributed by atoms with Gasteiger partial charge in [-0.25, -0.2) is 9.18 Å². The molecule has 0 bridgehead atoms. The maximum absolute atomic E-state index is 14.8. The molecule has 13 heteroatoms. The number of carbonyl (C=O) groups is 1. The second-order valence-corrected chi connectivity index (χ2v) is 8.97. The lowest BCUT2D eigenvalue weighted by Crippen LogP contribution is -2.36.